The summed E-state index contributed by atoms with van der Waals surface area (Å²) in [6, 6.07) is 28.4. The molecular weight excluding hydrogens is 1140 g/mol. The Hall–Kier alpha value is -9.97. The van der Waals surface area contributed by atoms with Gasteiger partial charge in [0.1, 0.15) is 18.7 Å². The number of carboxylic acids is 1. The van der Waals surface area contributed by atoms with Crippen LogP contribution in [-0.4, -0.2) is 110 Å². The Kier molecular flexibility index (Phi) is 16.7. The number of aliphatic carboxylic acids is 1. The van der Waals surface area contributed by atoms with Crippen LogP contribution in [0.5, 0.6) is 0 Å². The molecule has 25 heteroatoms. The molecule has 448 valence electrons. The van der Waals surface area contributed by atoms with E-state index in [1.165, 1.54) is 24.3 Å². The first-order chi connectivity index (χ1) is 41.4. The molecule has 0 saturated carbocycles. The van der Waals surface area contributed by atoms with Crippen LogP contribution in [0.25, 0.3) is 50.3 Å². The van der Waals surface area contributed by atoms with E-state index in [2.05, 4.69) is 20.6 Å². The molecule has 0 saturated heterocycles. The van der Waals surface area contributed by atoms with Crippen LogP contribution in [0.15, 0.2) is 141 Å². The van der Waals surface area contributed by atoms with Crippen molar-refractivity contribution in [2.75, 3.05) is 26.3 Å². The van der Waals surface area contributed by atoms with Gasteiger partial charge in [-0.3, -0.25) is 28.8 Å². The summed E-state index contributed by atoms with van der Waals surface area (Å²) in [5, 5.41) is 14.5. The number of nitrogens with one attached hydrogen (secondary N) is 4. The van der Waals surface area contributed by atoms with Gasteiger partial charge in [-0.1, -0.05) is 30.4 Å². The third-order valence-electron chi connectivity index (χ3n) is 14.7. The van der Waals surface area contributed by atoms with Gasteiger partial charge in [-0.05, 0) is 45.0 Å². The monoisotopic (exact) mass is 1200 g/mol. The van der Waals surface area contributed by atoms with E-state index >= 15 is 0 Å². The number of Topliss-reactive ketones (excluding diaryl/α,β-unsaturated/α-hetero) is 1. The molecule has 10 rings (SSSR count). The Morgan fingerprint density at radius 2 is 1.17 bits per heavy atom. The Morgan fingerprint density at radius 1 is 0.655 bits per heavy atom. The second kappa shape index (κ2) is 24.2. The SMILES string of the molecule is Cc1c(-c2ccc(C(=O)NCCO[PH](O)(O)OCCNC(=O)c3ccc(-c4c(C)c(C(=O)C5C=Cc6c([nH]c(=O)n(CC(=O)OC(C)(C)C)c6=O)C5)n5ccccc45)cc3)cc2)c2ccccn2c1C(=O)c1ccc2c(=O)n(CC(=O)O)c(=O)[nH]c2c1. The van der Waals surface area contributed by atoms with E-state index in [0.717, 1.165) is 15.6 Å². The number of aromatic nitrogens is 6. The average Bonchev–Trinajstić information content (AvgIpc) is 1.70. The van der Waals surface area contributed by atoms with Crippen molar-refractivity contribution in [3.8, 4) is 22.3 Å². The molecule has 1 aliphatic carbocycles. The van der Waals surface area contributed by atoms with Gasteiger partial charge in [0.25, 0.3) is 11.1 Å². The van der Waals surface area contributed by atoms with Crippen molar-refractivity contribution >= 4 is 71.5 Å². The number of carbonyl (C=O) groups is 6. The number of hydrogen-bond donors (Lipinski definition) is 7. The number of rotatable bonds is 20. The summed E-state index contributed by atoms with van der Waals surface area (Å²) in [4.78, 5) is 157. The molecule has 2 amide bonds. The molecule has 1 atom stereocenters. The molecule has 0 bridgehead atoms. The third kappa shape index (κ3) is 12.4. The van der Waals surface area contributed by atoms with Gasteiger partial charge in [-0.25, -0.2) is 18.7 Å². The van der Waals surface area contributed by atoms with Crippen molar-refractivity contribution in [2.45, 2.75) is 59.7 Å². The molecule has 0 radical (unpaired) electrons. The number of ether oxygens (including phenoxy) is 1. The second-order valence-electron chi connectivity index (χ2n) is 21.7. The van der Waals surface area contributed by atoms with Gasteiger partial charge in [0.2, 0.25) is 5.78 Å². The summed E-state index contributed by atoms with van der Waals surface area (Å²) in [6.45, 7) is 6.32. The molecule has 0 spiro atoms. The van der Waals surface area contributed by atoms with Gasteiger partial charge >= 0.3 is 259 Å². The van der Waals surface area contributed by atoms with Crippen LogP contribution in [0, 0.1) is 19.8 Å². The number of allylic oxidation sites excluding steroid dienone is 1. The number of fused-ring (bicyclic) bond motifs is 4. The quantitative estimate of drug-likeness (QED) is 0.0220. The number of amides is 2. The summed E-state index contributed by atoms with van der Waals surface area (Å²) in [5.41, 5.74) is 3.41. The number of carbonyl (C=O) groups excluding carboxylic acids is 5. The normalized spacial score (nSPS) is 13.4. The smallest absolute Gasteiger partial charge is 0.480 e. The zero-order valence-corrected chi connectivity index (χ0v) is 48.6. The van der Waals surface area contributed by atoms with E-state index in [-0.39, 0.29) is 77.4 Å². The molecule has 7 N–H and O–H groups in total. The predicted octanol–water partition coefficient (Wildman–Crippen LogP) is 5.31. The number of pyridine rings is 2. The standard InChI is InChI=1S/C62H59N8O16P/c1-34-50(46-10-6-8-26-67(46)52(34)54(74)40-20-22-42-44(30-40)65-60(80)69(58(42)78)32-48(71)72)36-12-16-38(17-13-36)56(76)63-24-28-84-87(82,83)85-29-25-64-57(77)39-18-14-37(15-19-39)51-35(2)53(68-27-9-7-11-47(51)68)55(75)41-21-23-43-45(31-41)66-61(81)70(59(43)79)33-49(73)86-62(3,4)5/h6-23,26-27,30,41,82-83,87H,24-25,28-29,31-33H2,1-5H3,(H,63,76)(H,64,77)(H,65,80)(H,66,81)(H,71,72). The van der Waals surface area contributed by atoms with Crippen LogP contribution in [0.3, 0.4) is 0 Å². The molecule has 24 nitrogen and oxygen atoms in total. The topological polar surface area (TPSA) is 333 Å². The Balaban J connectivity index is 0.707. The molecule has 0 aliphatic heterocycles. The van der Waals surface area contributed by atoms with Crippen molar-refractivity contribution in [3.63, 3.8) is 0 Å². The van der Waals surface area contributed by atoms with Gasteiger partial charge in [-0.15, -0.1) is 0 Å². The van der Waals surface area contributed by atoms with Crippen LogP contribution < -0.4 is 33.1 Å². The number of H-pyrrole nitrogens is 2. The molecule has 3 aromatic carbocycles. The van der Waals surface area contributed by atoms with Gasteiger partial charge < -0.3 is 19.8 Å². The van der Waals surface area contributed by atoms with Gasteiger partial charge in [-0.2, -0.15) is 0 Å². The predicted molar refractivity (Wildman–Crippen MR) is 322 cm³/mol. The number of hydrogen-bond acceptors (Lipinski definition) is 15. The van der Waals surface area contributed by atoms with Gasteiger partial charge in [0, 0.05) is 36.0 Å². The zero-order chi connectivity index (χ0) is 62.2. The van der Waals surface area contributed by atoms with E-state index in [1.807, 2.05) is 31.2 Å². The summed E-state index contributed by atoms with van der Waals surface area (Å²) in [6.07, 6.45) is 6.63. The van der Waals surface area contributed by atoms with E-state index < -0.39 is 84.8 Å². The molecule has 1 unspecified atom stereocenters. The maximum atomic E-state index is 14.4. The maximum absolute atomic E-state index is 14.4. The molecule has 6 heterocycles. The fraction of sp³-hybridized carbons (Fsp3) is 0.226. The van der Waals surface area contributed by atoms with Crippen molar-refractivity contribution in [3.05, 3.63) is 214 Å². The van der Waals surface area contributed by atoms with Crippen LogP contribution >= 0.6 is 8.17 Å². The number of ketones is 2. The number of nitrogens with zero attached hydrogens (tertiary/aromatic N) is 4. The molecule has 87 heavy (non-hydrogen) atoms. The summed E-state index contributed by atoms with van der Waals surface area (Å²) in [7, 11) is -4.70. The van der Waals surface area contributed by atoms with Crippen molar-refractivity contribution < 1.29 is 57.4 Å². The number of esters is 1. The Labute approximate surface area is 493 Å². The summed E-state index contributed by atoms with van der Waals surface area (Å²) < 4.78 is 20.5. The summed E-state index contributed by atoms with van der Waals surface area (Å²) in [5.74, 6) is -4.50. The van der Waals surface area contributed by atoms with Crippen molar-refractivity contribution in [1.82, 2.24) is 38.5 Å². The van der Waals surface area contributed by atoms with Crippen molar-refractivity contribution in [2.24, 2.45) is 5.92 Å². The van der Waals surface area contributed by atoms with Crippen molar-refractivity contribution in [1.29, 1.82) is 0 Å². The molecule has 6 aromatic heterocycles. The fourth-order valence-corrected chi connectivity index (χ4v) is 11.6. The molecule has 9 aromatic rings. The Bertz CT molecular complexity index is 4580. The van der Waals surface area contributed by atoms with E-state index in [9.17, 15) is 57.7 Å². The van der Waals surface area contributed by atoms with Gasteiger partial charge in [0.15, 0.2) is 5.78 Å². The van der Waals surface area contributed by atoms with E-state index in [1.54, 1.807) is 116 Å². The molecule has 1 aliphatic rings. The van der Waals surface area contributed by atoms with Crippen LogP contribution in [0.1, 0.15) is 90.4 Å². The second-order valence-corrected chi connectivity index (χ2v) is 23.3. The Morgan fingerprint density at radius 3 is 1.72 bits per heavy atom. The average molecular weight is 1200 g/mol. The summed E-state index contributed by atoms with van der Waals surface area (Å²) >= 11 is 0. The number of carboxylic acid groups (broad SMARTS) is 1. The minimum absolute atomic E-state index is 0.0309. The third-order valence-corrected chi connectivity index (χ3v) is 15.8. The number of aromatic amines is 2. The minimum Gasteiger partial charge on any atom is -0.480 e. The van der Waals surface area contributed by atoms with Crippen LogP contribution in [0.4, 0.5) is 0 Å². The van der Waals surface area contributed by atoms with Crippen LogP contribution in [-0.2, 0) is 42.9 Å². The zero-order valence-electron chi connectivity index (χ0n) is 47.6. The van der Waals surface area contributed by atoms with E-state index in [0.29, 0.717) is 49.3 Å². The van der Waals surface area contributed by atoms with Gasteiger partial charge in [0.05, 0.1) is 16.5 Å². The first-order valence-electron chi connectivity index (χ1n) is 27.4. The molecule has 0 fully saturated rings. The fourth-order valence-electron chi connectivity index (χ4n) is 10.8. The van der Waals surface area contributed by atoms with E-state index in [4.69, 9.17) is 18.9 Å². The minimum atomic E-state index is -4.70. The van der Waals surface area contributed by atoms with Crippen LogP contribution in [0.2, 0.25) is 0 Å². The number of benzene rings is 3. The first kappa shape index (κ1) is 60.2. The molecular formula is C62H59N8O16P. The first-order valence-corrected chi connectivity index (χ1v) is 29.1.